The van der Waals surface area contributed by atoms with Gasteiger partial charge in [0, 0.05) is 16.2 Å². The van der Waals surface area contributed by atoms with Gasteiger partial charge in [0.25, 0.3) is 0 Å². The lowest BCUT2D eigenvalue weighted by molar-refractivity contribution is 0.707. The van der Waals surface area contributed by atoms with Crippen LogP contribution in [0.5, 0.6) is 0 Å². The highest BCUT2D eigenvalue weighted by Gasteiger charge is 2.45. The minimum atomic E-state index is -0.725. The molecule has 3 nitrogen and oxygen atoms in total. The van der Waals surface area contributed by atoms with Crippen molar-refractivity contribution in [3.63, 3.8) is 0 Å². The molecule has 3 heteroatoms. The van der Waals surface area contributed by atoms with Crippen molar-refractivity contribution in [1.29, 1.82) is 0 Å². The smallest absolute Gasteiger partial charge is 0.197 e. The highest BCUT2D eigenvalue weighted by atomic mass is 16.1. The number of hydrogen-bond acceptors (Lipinski definition) is 2. The molecule has 0 saturated heterocycles. The van der Waals surface area contributed by atoms with Crippen LogP contribution in [0.3, 0.4) is 0 Å². The van der Waals surface area contributed by atoms with E-state index in [1.807, 2.05) is 60.7 Å². The molecular weight excluding hydrogens is 526 g/mol. The van der Waals surface area contributed by atoms with Crippen LogP contribution in [0, 0.1) is 0 Å². The van der Waals surface area contributed by atoms with Crippen LogP contribution < -0.4 is 10.9 Å². The van der Waals surface area contributed by atoms with E-state index in [1.54, 1.807) is 0 Å². The zero-order valence-corrected chi connectivity index (χ0v) is 23.2. The molecule has 2 heterocycles. The molecule has 0 bridgehead atoms. The first-order valence-electron chi connectivity index (χ1n) is 14.7. The lowest BCUT2D eigenvalue weighted by Crippen LogP contribution is -2.37. The third-order valence-electron chi connectivity index (χ3n) is 9.49. The summed E-state index contributed by atoms with van der Waals surface area (Å²) >= 11 is 0. The number of fused-ring (bicyclic) bond motifs is 7. The van der Waals surface area contributed by atoms with Gasteiger partial charge >= 0.3 is 0 Å². The monoisotopic (exact) mass is 551 g/mol. The molecule has 0 amide bonds. The molecule has 202 valence electrons. The normalized spacial score (nSPS) is 13.9. The van der Waals surface area contributed by atoms with Gasteiger partial charge in [-0.25, -0.2) is 0 Å². The summed E-state index contributed by atoms with van der Waals surface area (Å²) in [6.45, 7) is 0. The molecule has 9 rings (SSSR count). The average Bonchev–Trinajstić information content (AvgIpc) is 3.07. The van der Waals surface area contributed by atoms with Crippen LogP contribution in [0.15, 0.2) is 149 Å². The molecule has 1 aliphatic carbocycles. The highest BCUT2D eigenvalue weighted by Crippen LogP contribution is 2.52. The molecule has 0 aliphatic heterocycles. The van der Waals surface area contributed by atoms with E-state index in [2.05, 4.69) is 83.3 Å². The summed E-state index contributed by atoms with van der Waals surface area (Å²) in [6.07, 6.45) is 0.604. The van der Waals surface area contributed by atoms with Crippen molar-refractivity contribution in [3.8, 4) is 0 Å². The predicted octanol–water partition coefficient (Wildman–Crippen LogP) is 7.84. The molecule has 0 N–H and O–H groups in total. The van der Waals surface area contributed by atoms with Crippen LogP contribution in [-0.2, 0) is 11.8 Å². The van der Waals surface area contributed by atoms with Crippen molar-refractivity contribution in [1.82, 2.24) is 4.40 Å². The third kappa shape index (κ3) is 3.03. The van der Waals surface area contributed by atoms with E-state index in [1.165, 1.54) is 11.1 Å². The van der Waals surface area contributed by atoms with Gasteiger partial charge in [0.05, 0.1) is 27.4 Å². The second-order valence-corrected chi connectivity index (χ2v) is 11.5. The second-order valence-electron chi connectivity index (χ2n) is 11.5. The van der Waals surface area contributed by atoms with Gasteiger partial charge in [-0.1, -0.05) is 109 Å². The van der Waals surface area contributed by atoms with Gasteiger partial charge in [-0.15, -0.1) is 0 Å². The summed E-state index contributed by atoms with van der Waals surface area (Å²) in [5, 5.41) is 2.51. The van der Waals surface area contributed by atoms with Crippen LogP contribution >= 0.6 is 0 Å². The van der Waals surface area contributed by atoms with Crippen LogP contribution in [0.4, 0.5) is 0 Å². The molecular formula is C40H25NO2. The van der Waals surface area contributed by atoms with E-state index in [-0.39, 0.29) is 10.9 Å². The topological polar surface area (TPSA) is 38.5 Å². The maximum Gasteiger partial charge on any atom is 0.197 e. The Morgan fingerprint density at radius 2 is 1.05 bits per heavy atom. The van der Waals surface area contributed by atoms with Crippen molar-refractivity contribution in [2.75, 3.05) is 0 Å². The van der Waals surface area contributed by atoms with Crippen LogP contribution in [0.2, 0.25) is 0 Å². The van der Waals surface area contributed by atoms with Crippen molar-refractivity contribution < 1.29 is 0 Å². The van der Waals surface area contributed by atoms with E-state index in [4.69, 9.17) is 0 Å². The number of nitrogens with zero attached hydrogens (tertiary/aromatic N) is 1. The number of pyridine rings is 2. The van der Waals surface area contributed by atoms with E-state index >= 15 is 0 Å². The first-order chi connectivity index (χ1) is 21.2. The number of benzene rings is 6. The van der Waals surface area contributed by atoms with Gasteiger partial charge in [0.15, 0.2) is 10.9 Å². The van der Waals surface area contributed by atoms with E-state index in [9.17, 15) is 9.59 Å². The first-order valence-corrected chi connectivity index (χ1v) is 14.7. The number of hydrogen-bond donors (Lipinski definition) is 0. The van der Waals surface area contributed by atoms with Gasteiger partial charge in [0.2, 0.25) is 0 Å². The zero-order valence-electron chi connectivity index (χ0n) is 23.2. The van der Waals surface area contributed by atoms with Gasteiger partial charge in [0.1, 0.15) is 0 Å². The molecule has 0 unspecified atom stereocenters. The van der Waals surface area contributed by atoms with Crippen molar-refractivity contribution >= 4 is 38.1 Å². The Hall–Kier alpha value is -5.54. The summed E-state index contributed by atoms with van der Waals surface area (Å²) in [4.78, 5) is 29.1. The van der Waals surface area contributed by atoms with Crippen LogP contribution in [0.25, 0.3) is 38.1 Å². The third-order valence-corrected chi connectivity index (χ3v) is 9.49. The van der Waals surface area contributed by atoms with E-state index in [0.29, 0.717) is 33.5 Å². The highest BCUT2D eigenvalue weighted by molar-refractivity contribution is 6.10. The fourth-order valence-corrected chi connectivity index (χ4v) is 7.79. The molecule has 0 saturated carbocycles. The molecule has 2 aromatic heterocycles. The van der Waals surface area contributed by atoms with Gasteiger partial charge in [-0.05, 0) is 70.1 Å². The first kappa shape index (κ1) is 24.1. The number of para-hydroxylation sites is 2. The Bertz CT molecular complexity index is 2460. The zero-order chi connectivity index (χ0) is 28.7. The van der Waals surface area contributed by atoms with Gasteiger partial charge < -0.3 is 4.40 Å². The second kappa shape index (κ2) is 8.73. The molecule has 0 atom stereocenters. The summed E-state index contributed by atoms with van der Waals surface area (Å²) in [5.41, 5.74) is 8.09. The predicted molar refractivity (Wildman–Crippen MR) is 175 cm³/mol. The Morgan fingerprint density at radius 3 is 1.70 bits per heavy atom. The lowest BCUT2D eigenvalue weighted by Gasteiger charge is -2.43. The largest absolute Gasteiger partial charge is 0.307 e. The van der Waals surface area contributed by atoms with Crippen LogP contribution in [0.1, 0.15) is 33.4 Å². The van der Waals surface area contributed by atoms with Crippen molar-refractivity contribution in [2.45, 2.75) is 11.8 Å². The van der Waals surface area contributed by atoms with E-state index < -0.39 is 5.41 Å². The summed E-state index contributed by atoms with van der Waals surface area (Å²) in [7, 11) is 0. The van der Waals surface area contributed by atoms with Gasteiger partial charge in [-0.3, -0.25) is 9.59 Å². The minimum Gasteiger partial charge on any atom is -0.307 e. The average molecular weight is 552 g/mol. The summed E-state index contributed by atoms with van der Waals surface area (Å²) < 4.78 is 2.14. The standard InChI is InChI=1S/C40H25NO2/c42-38-28-18-8-11-21-34(28)41-35-22-12-9-19-29(35)39(43)36-30-23-25-13-7-10-20-32(25)40(26-14-3-1-4-15-26,27-16-5-2-6-17-27)33(30)24-31(38)37(36)41/h1-22,24H,23H2. The Labute approximate surface area is 247 Å². The number of aromatic nitrogens is 1. The van der Waals surface area contributed by atoms with Crippen LogP contribution in [-0.4, -0.2) is 4.40 Å². The molecule has 1 aliphatic rings. The molecule has 0 radical (unpaired) electrons. The molecule has 6 aromatic carbocycles. The summed E-state index contributed by atoms with van der Waals surface area (Å²) in [5.74, 6) is 0. The quantitative estimate of drug-likeness (QED) is 0.162. The summed E-state index contributed by atoms with van der Waals surface area (Å²) in [6, 6.07) is 47.3. The SMILES string of the molecule is O=c1c2ccccc2n2c3ccccc3c(=O)c3c4c(cc1c32)C(c1ccccc1)(c1ccccc1)c1ccccc1C4. The molecule has 8 aromatic rings. The Morgan fingerprint density at radius 1 is 0.512 bits per heavy atom. The van der Waals surface area contributed by atoms with Gasteiger partial charge in [-0.2, -0.15) is 0 Å². The Balaban J connectivity index is 1.62. The van der Waals surface area contributed by atoms with Crippen molar-refractivity contribution in [2.24, 2.45) is 0 Å². The lowest BCUT2D eigenvalue weighted by atomic mass is 9.59. The maximum absolute atomic E-state index is 14.7. The number of rotatable bonds is 2. The Kier molecular flexibility index (Phi) is 4.89. The maximum atomic E-state index is 14.7. The fourth-order valence-electron chi connectivity index (χ4n) is 7.79. The van der Waals surface area contributed by atoms with Crippen molar-refractivity contribution in [3.05, 3.63) is 193 Å². The fraction of sp³-hybridized carbons (Fsp3) is 0.0500. The molecule has 43 heavy (non-hydrogen) atoms. The minimum absolute atomic E-state index is 0.0264. The molecule has 0 fully saturated rings. The van der Waals surface area contributed by atoms with E-state index in [0.717, 1.165) is 33.3 Å². The molecule has 0 spiro atoms.